The number of amides is 1. The number of aromatic nitrogens is 1. The molecule has 0 aliphatic heterocycles. The highest BCUT2D eigenvalue weighted by Gasteiger charge is 2.27. The Labute approximate surface area is 133 Å². The number of nitrogens with one attached hydrogen (secondary N) is 1. The SMILES string of the molecule is O=C(NCC(=[OH+])[OH2+])c1c(O)c2ccsc2n(OCC2CC2)c1=O. The molecule has 2 aromatic rings. The molecule has 2 aromatic heterocycles. The summed E-state index contributed by atoms with van der Waals surface area (Å²) in [4.78, 5) is 39.4. The molecule has 1 aliphatic carbocycles. The molecule has 1 amide bonds. The van der Waals surface area contributed by atoms with E-state index in [0.29, 0.717) is 22.7 Å². The summed E-state index contributed by atoms with van der Waals surface area (Å²) in [6, 6.07) is 1.59. The molecule has 8 nitrogen and oxygen atoms in total. The Morgan fingerprint density at radius 1 is 1.57 bits per heavy atom. The Bertz CT molecular complexity index is 836. The highest BCUT2D eigenvalue weighted by atomic mass is 32.1. The molecule has 0 spiro atoms. The zero-order valence-corrected chi connectivity index (χ0v) is 12.9. The summed E-state index contributed by atoms with van der Waals surface area (Å²) >= 11 is 1.23. The third kappa shape index (κ3) is 3.00. The van der Waals surface area contributed by atoms with E-state index >= 15 is 0 Å². The standard InChI is InChI=1S/C14H14N2O6S/c17-9(18)5-15-12(20)10-11(19)8-3-4-23-14(8)16(13(10)21)22-6-7-1-2-7/h3-4,7,19H,1-2,5-6H2,(H,15,20)(H,17,18)/p+2. The van der Waals surface area contributed by atoms with E-state index in [2.05, 4.69) is 5.32 Å². The van der Waals surface area contributed by atoms with Gasteiger partial charge in [0.15, 0.2) is 5.56 Å². The summed E-state index contributed by atoms with van der Waals surface area (Å²) in [5.41, 5.74) is -1.23. The van der Waals surface area contributed by atoms with E-state index in [1.165, 1.54) is 11.3 Å². The summed E-state index contributed by atoms with van der Waals surface area (Å²) < 4.78 is 1.04. The van der Waals surface area contributed by atoms with Crippen molar-refractivity contribution in [2.45, 2.75) is 12.8 Å². The average Bonchev–Trinajstić information content (AvgIpc) is 3.19. The van der Waals surface area contributed by atoms with E-state index in [0.717, 1.165) is 17.6 Å². The number of hydrogen-bond acceptors (Lipinski definition) is 5. The van der Waals surface area contributed by atoms with Crippen molar-refractivity contribution >= 4 is 33.4 Å². The number of fused-ring (bicyclic) bond motifs is 1. The van der Waals surface area contributed by atoms with Gasteiger partial charge in [0.2, 0.25) is 6.54 Å². The molecule has 0 unspecified atom stereocenters. The molecule has 2 heterocycles. The topological polar surface area (TPSA) is 125 Å². The highest BCUT2D eigenvalue weighted by Crippen LogP contribution is 2.31. The average molecular weight is 340 g/mol. The number of thiophene rings is 1. The second kappa shape index (κ2) is 5.92. The minimum absolute atomic E-state index is 0.342. The Kier molecular flexibility index (Phi) is 3.95. The van der Waals surface area contributed by atoms with Crippen LogP contribution in [0.4, 0.5) is 0 Å². The Balaban J connectivity index is 2.03. The fourth-order valence-corrected chi connectivity index (χ4v) is 2.96. The number of aromatic hydroxyl groups is 1. The largest absolute Gasteiger partial charge is 0.641 e. The molecule has 0 atom stereocenters. The summed E-state index contributed by atoms with van der Waals surface area (Å²) in [5.74, 6) is -1.64. The molecule has 1 fully saturated rings. The van der Waals surface area contributed by atoms with Crippen LogP contribution in [0, 0.1) is 5.92 Å². The summed E-state index contributed by atoms with van der Waals surface area (Å²) in [7, 11) is 0. The lowest BCUT2D eigenvalue weighted by Gasteiger charge is -2.12. The van der Waals surface area contributed by atoms with Crippen LogP contribution in [0.5, 0.6) is 5.75 Å². The van der Waals surface area contributed by atoms with Crippen molar-refractivity contribution in [3.05, 3.63) is 27.4 Å². The van der Waals surface area contributed by atoms with Gasteiger partial charge in [0.1, 0.15) is 17.2 Å². The molecule has 0 radical (unpaired) electrons. The molecule has 9 heteroatoms. The number of carbonyl (C=O) groups is 1. The molecule has 0 aromatic carbocycles. The van der Waals surface area contributed by atoms with E-state index in [1.54, 1.807) is 11.4 Å². The maximum atomic E-state index is 12.5. The van der Waals surface area contributed by atoms with Gasteiger partial charge in [0.25, 0.3) is 5.91 Å². The lowest BCUT2D eigenvalue weighted by atomic mass is 10.2. The van der Waals surface area contributed by atoms with Crippen LogP contribution in [-0.4, -0.2) is 44.8 Å². The van der Waals surface area contributed by atoms with Crippen molar-refractivity contribution in [3.63, 3.8) is 0 Å². The fraction of sp³-hybridized carbons (Fsp3) is 0.357. The predicted octanol–water partition coefficient (Wildman–Crippen LogP) is -0.436. The minimum Gasteiger partial charge on any atom is -0.522 e. The Morgan fingerprint density at radius 2 is 2.30 bits per heavy atom. The van der Waals surface area contributed by atoms with Gasteiger partial charge in [-0.25, -0.2) is 4.79 Å². The number of carbonyl (C=O) groups excluding carboxylic acids is 2. The van der Waals surface area contributed by atoms with Gasteiger partial charge < -0.3 is 20.4 Å². The molecule has 1 saturated carbocycles. The lowest BCUT2D eigenvalue weighted by molar-refractivity contribution is 0.0916. The minimum atomic E-state index is -0.872. The fourth-order valence-electron chi connectivity index (χ4n) is 2.11. The summed E-state index contributed by atoms with van der Waals surface area (Å²) in [5, 5.41) is 21.4. The van der Waals surface area contributed by atoms with Gasteiger partial charge in [0, 0.05) is 0 Å². The molecular weight excluding hydrogens is 324 g/mol. The van der Waals surface area contributed by atoms with E-state index < -0.39 is 35.3 Å². The van der Waals surface area contributed by atoms with Crippen molar-refractivity contribution in [2.75, 3.05) is 13.2 Å². The van der Waals surface area contributed by atoms with Gasteiger partial charge >= 0.3 is 11.5 Å². The summed E-state index contributed by atoms with van der Waals surface area (Å²) in [6.07, 6.45) is 2.10. The monoisotopic (exact) mass is 340 g/mol. The molecule has 0 saturated heterocycles. The molecule has 0 bridgehead atoms. The number of hydrogen-bond donors (Lipinski definition) is 2. The van der Waals surface area contributed by atoms with Gasteiger partial charge in [-0.05, 0) is 30.2 Å². The highest BCUT2D eigenvalue weighted by molar-refractivity contribution is 7.16. The number of rotatable bonds is 6. The van der Waals surface area contributed by atoms with Gasteiger partial charge in [-0.15, -0.1) is 16.1 Å². The zero-order chi connectivity index (χ0) is 16.6. The summed E-state index contributed by atoms with van der Waals surface area (Å²) in [6.45, 7) is -0.0532. The van der Waals surface area contributed by atoms with E-state index in [-0.39, 0.29) is 0 Å². The second-order valence-corrected chi connectivity index (χ2v) is 6.23. The maximum Gasteiger partial charge on any atom is 0.641 e. The molecule has 23 heavy (non-hydrogen) atoms. The quantitative estimate of drug-likeness (QED) is 0.692. The van der Waals surface area contributed by atoms with Crippen LogP contribution in [0.25, 0.3) is 10.2 Å². The molecular formula is C14H16N2O6S+2. The first-order valence-corrected chi connectivity index (χ1v) is 7.90. The van der Waals surface area contributed by atoms with Gasteiger partial charge in [-0.2, -0.15) is 0 Å². The first-order valence-electron chi connectivity index (χ1n) is 7.02. The number of pyridine rings is 1. The Hall–Kier alpha value is -2.55. The van der Waals surface area contributed by atoms with Crippen molar-refractivity contribution < 1.29 is 24.6 Å². The molecule has 5 N–H and O–H groups in total. The lowest BCUT2D eigenvalue weighted by Crippen LogP contribution is -2.37. The van der Waals surface area contributed by atoms with Crippen molar-refractivity contribution in [3.8, 4) is 5.75 Å². The van der Waals surface area contributed by atoms with Gasteiger partial charge in [-0.1, -0.05) is 0 Å². The smallest absolute Gasteiger partial charge is 0.522 e. The van der Waals surface area contributed by atoms with Crippen LogP contribution < -0.4 is 15.7 Å². The normalized spacial score (nSPS) is 13.9. The molecule has 1 aliphatic rings. The third-order valence-electron chi connectivity index (χ3n) is 3.50. The van der Waals surface area contributed by atoms with E-state index in [9.17, 15) is 14.7 Å². The van der Waals surface area contributed by atoms with Crippen LogP contribution in [0.1, 0.15) is 23.2 Å². The van der Waals surface area contributed by atoms with E-state index in [1.807, 2.05) is 0 Å². The van der Waals surface area contributed by atoms with E-state index in [4.69, 9.17) is 14.7 Å². The van der Waals surface area contributed by atoms with Crippen LogP contribution in [-0.2, 0) is 0 Å². The van der Waals surface area contributed by atoms with Gasteiger partial charge in [0.05, 0.1) is 5.39 Å². The Morgan fingerprint density at radius 3 is 2.96 bits per heavy atom. The second-order valence-electron chi connectivity index (χ2n) is 5.33. The van der Waals surface area contributed by atoms with Gasteiger partial charge in [-0.3, -0.25) is 9.59 Å². The predicted molar refractivity (Wildman–Crippen MR) is 84.8 cm³/mol. The number of nitrogens with zero attached hydrogens (tertiary/aromatic N) is 1. The third-order valence-corrected chi connectivity index (χ3v) is 4.38. The molecule has 122 valence electrons. The molecule has 3 rings (SSSR count). The van der Waals surface area contributed by atoms with Crippen LogP contribution in [0.3, 0.4) is 0 Å². The zero-order valence-electron chi connectivity index (χ0n) is 12.0. The van der Waals surface area contributed by atoms with Crippen molar-refractivity contribution in [1.29, 1.82) is 0 Å². The van der Waals surface area contributed by atoms with Crippen LogP contribution >= 0.6 is 11.3 Å². The van der Waals surface area contributed by atoms with Crippen LogP contribution in [0.15, 0.2) is 16.2 Å². The van der Waals surface area contributed by atoms with Crippen molar-refractivity contribution in [2.24, 2.45) is 5.92 Å². The van der Waals surface area contributed by atoms with Crippen molar-refractivity contribution in [1.82, 2.24) is 10.0 Å². The van der Waals surface area contributed by atoms with Crippen LogP contribution in [0.2, 0.25) is 0 Å². The first-order chi connectivity index (χ1) is 11.0. The first kappa shape index (κ1) is 15.3. The maximum absolute atomic E-state index is 12.5.